The van der Waals surface area contributed by atoms with Crippen molar-refractivity contribution in [2.24, 2.45) is 0 Å². The van der Waals surface area contributed by atoms with Crippen LogP contribution in [0.4, 0.5) is 0 Å². The van der Waals surface area contributed by atoms with Crippen LogP contribution in [0.2, 0.25) is 0 Å². The highest BCUT2D eigenvalue weighted by atomic mass is 16.5. The Bertz CT molecular complexity index is 646. The highest BCUT2D eigenvalue weighted by Gasteiger charge is 2.37. The third-order valence-corrected chi connectivity index (χ3v) is 5.55. The third-order valence-electron chi connectivity index (χ3n) is 5.55. The summed E-state index contributed by atoms with van der Waals surface area (Å²) in [6.07, 6.45) is 6.78. The van der Waals surface area contributed by atoms with Gasteiger partial charge < -0.3 is 14.5 Å². The molecule has 0 N–H and O–H groups in total. The van der Waals surface area contributed by atoms with Gasteiger partial charge in [0.05, 0.1) is 30.6 Å². The van der Waals surface area contributed by atoms with Gasteiger partial charge in [0.2, 0.25) is 11.8 Å². The Kier molecular flexibility index (Phi) is 4.70. The van der Waals surface area contributed by atoms with Gasteiger partial charge in [-0.25, -0.2) is 4.68 Å². The molecule has 8 nitrogen and oxygen atoms in total. The van der Waals surface area contributed by atoms with Gasteiger partial charge in [0, 0.05) is 39.0 Å². The van der Waals surface area contributed by atoms with Crippen LogP contribution >= 0.6 is 0 Å². The second-order valence-electron chi connectivity index (χ2n) is 7.16. The first-order chi connectivity index (χ1) is 12.2. The van der Waals surface area contributed by atoms with Gasteiger partial charge in [-0.2, -0.15) is 0 Å². The quantitative estimate of drug-likeness (QED) is 0.806. The molecular weight excluding hydrogens is 322 g/mol. The maximum atomic E-state index is 12.7. The Balaban J connectivity index is 1.35. The van der Waals surface area contributed by atoms with E-state index >= 15 is 0 Å². The second-order valence-corrected chi connectivity index (χ2v) is 7.16. The number of carbonyl (C=O) groups is 2. The lowest BCUT2D eigenvalue weighted by atomic mass is 10.00. The molecule has 2 amide bonds. The summed E-state index contributed by atoms with van der Waals surface area (Å²) in [5.41, 5.74) is 0.964. The molecule has 1 aromatic heterocycles. The second kappa shape index (κ2) is 7.11. The molecule has 3 aliphatic heterocycles. The molecule has 136 valence electrons. The highest BCUT2D eigenvalue weighted by molar-refractivity contribution is 5.79. The third kappa shape index (κ3) is 3.40. The van der Waals surface area contributed by atoms with Gasteiger partial charge in [-0.05, 0) is 19.3 Å². The number of fused-ring (bicyclic) bond motifs is 3. The number of nitrogens with zero attached hydrogens (tertiary/aromatic N) is 5. The fraction of sp³-hybridized carbons (Fsp3) is 0.765. The molecule has 0 spiro atoms. The minimum atomic E-state index is 0.0452. The van der Waals surface area contributed by atoms with Crippen LogP contribution in [-0.2, 0) is 20.9 Å². The van der Waals surface area contributed by atoms with Gasteiger partial charge in [0.15, 0.2) is 0 Å². The van der Waals surface area contributed by atoms with Gasteiger partial charge >= 0.3 is 0 Å². The minimum Gasteiger partial charge on any atom is -0.370 e. The fourth-order valence-electron chi connectivity index (χ4n) is 4.07. The molecule has 0 radical (unpaired) electrons. The molecule has 2 atom stereocenters. The number of ether oxygens (including phenoxy) is 1. The zero-order valence-electron chi connectivity index (χ0n) is 14.5. The molecular formula is C17H25N5O3. The average Bonchev–Trinajstić information content (AvgIpc) is 3.03. The van der Waals surface area contributed by atoms with E-state index in [2.05, 4.69) is 10.3 Å². The Morgan fingerprint density at radius 2 is 2.20 bits per heavy atom. The van der Waals surface area contributed by atoms with Crippen LogP contribution in [0.25, 0.3) is 0 Å². The maximum absolute atomic E-state index is 12.7. The molecule has 2 fully saturated rings. The van der Waals surface area contributed by atoms with Crippen molar-refractivity contribution in [1.82, 2.24) is 24.8 Å². The van der Waals surface area contributed by atoms with Crippen molar-refractivity contribution in [3.05, 3.63) is 11.9 Å². The van der Waals surface area contributed by atoms with Crippen LogP contribution in [0.3, 0.4) is 0 Å². The van der Waals surface area contributed by atoms with E-state index < -0.39 is 0 Å². The lowest BCUT2D eigenvalue weighted by Gasteiger charge is -2.41. The predicted octanol–water partition coefficient (Wildman–Crippen LogP) is 0.743. The number of rotatable bonds is 3. The first kappa shape index (κ1) is 16.5. The van der Waals surface area contributed by atoms with E-state index in [1.807, 2.05) is 14.5 Å². The van der Waals surface area contributed by atoms with Gasteiger partial charge in [-0.15, -0.1) is 5.10 Å². The molecule has 4 heterocycles. The number of amides is 2. The van der Waals surface area contributed by atoms with Crippen molar-refractivity contribution < 1.29 is 14.3 Å². The summed E-state index contributed by atoms with van der Waals surface area (Å²) in [4.78, 5) is 28.5. The lowest BCUT2D eigenvalue weighted by molar-refractivity contribution is -0.139. The van der Waals surface area contributed by atoms with Crippen LogP contribution in [0.5, 0.6) is 0 Å². The smallest absolute Gasteiger partial charge is 0.224 e. The molecule has 0 unspecified atom stereocenters. The first-order valence-corrected chi connectivity index (χ1v) is 9.28. The normalized spacial score (nSPS) is 26.8. The van der Waals surface area contributed by atoms with E-state index in [-0.39, 0.29) is 24.0 Å². The van der Waals surface area contributed by atoms with Crippen LogP contribution < -0.4 is 0 Å². The maximum Gasteiger partial charge on any atom is 0.224 e. The SMILES string of the molecule is O=C1CCCCCN1CCC(=O)N1CC[C@H]2OCc3cnnn3[C@@H]2C1. The van der Waals surface area contributed by atoms with Crippen LogP contribution in [0.1, 0.15) is 50.3 Å². The average molecular weight is 347 g/mol. The fourth-order valence-corrected chi connectivity index (χ4v) is 4.07. The lowest BCUT2D eigenvalue weighted by Crippen LogP contribution is -2.50. The van der Waals surface area contributed by atoms with E-state index in [4.69, 9.17) is 4.74 Å². The van der Waals surface area contributed by atoms with Crippen molar-refractivity contribution in [3.63, 3.8) is 0 Å². The molecule has 0 saturated carbocycles. The molecule has 3 aliphatic rings. The summed E-state index contributed by atoms with van der Waals surface area (Å²) >= 11 is 0. The highest BCUT2D eigenvalue weighted by Crippen LogP contribution is 2.30. The van der Waals surface area contributed by atoms with Gasteiger partial charge in [0.25, 0.3) is 0 Å². The molecule has 25 heavy (non-hydrogen) atoms. The minimum absolute atomic E-state index is 0.0452. The van der Waals surface area contributed by atoms with Crippen molar-refractivity contribution in [2.45, 2.75) is 57.3 Å². The van der Waals surface area contributed by atoms with Gasteiger partial charge in [0.1, 0.15) is 0 Å². The molecule has 4 rings (SSSR count). The first-order valence-electron chi connectivity index (χ1n) is 9.28. The monoisotopic (exact) mass is 347 g/mol. The molecule has 2 saturated heterocycles. The van der Waals surface area contributed by atoms with Crippen LogP contribution in [0, 0.1) is 0 Å². The Morgan fingerprint density at radius 1 is 1.28 bits per heavy atom. The van der Waals surface area contributed by atoms with Gasteiger partial charge in [-0.1, -0.05) is 11.6 Å². The Labute approximate surface area is 147 Å². The number of likely N-dealkylation sites (tertiary alicyclic amines) is 2. The number of hydrogen-bond donors (Lipinski definition) is 0. The predicted molar refractivity (Wildman–Crippen MR) is 88.5 cm³/mol. The van der Waals surface area contributed by atoms with Gasteiger partial charge in [-0.3, -0.25) is 9.59 Å². The summed E-state index contributed by atoms with van der Waals surface area (Å²) < 4.78 is 7.79. The molecule has 0 aromatic carbocycles. The summed E-state index contributed by atoms with van der Waals surface area (Å²) in [5.74, 6) is 0.305. The van der Waals surface area contributed by atoms with Crippen molar-refractivity contribution in [3.8, 4) is 0 Å². The standard InChI is InChI=1S/C17H25N5O3/c23-16-4-2-1-3-7-20(16)9-6-17(24)21-8-5-15-14(11-21)22-13(12-25-15)10-18-19-22/h10,14-15H,1-9,11-12H2/t14-,15-/m1/s1. The van der Waals surface area contributed by atoms with E-state index in [0.717, 1.165) is 37.9 Å². The zero-order chi connectivity index (χ0) is 17.2. The number of aromatic nitrogens is 3. The molecule has 0 bridgehead atoms. The van der Waals surface area contributed by atoms with E-state index in [9.17, 15) is 9.59 Å². The summed E-state index contributed by atoms with van der Waals surface area (Å²) in [5, 5.41) is 8.14. The van der Waals surface area contributed by atoms with Crippen LogP contribution in [0.15, 0.2) is 6.20 Å². The molecule has 0 aliphatic carbocycles. The summed E-state index contributed by atoms with van der Waals surface area (Å²) in [6, 6.07) is 0.0452. The number of carbonyl (C=O) groups excluding carboxylic acids is 2. The molecule has 8 heteroatoms. The topological polar surface area (TPSA) is 80.6 Å². The van der Waals surface area contributed by atoms with E-state index in [0.29, 0.717) is 39.1 Å². The summed E-state index contributed by atoms with van der Waals surface area (Å²) in [6.45, 7) is 3.17. The van der Waals surface area contributed by atoms with Crippen molar-refractivity contribution in [1.29, 1.82) is 0 Å². The van der Waals surface area contributed by atoms with Crippen molar-refractivity contribution in [2.75, 3.05) is 26.2 Å². The van der Waals surface area contributed by atoms with E-state index in [1.54, 1.807) is 6.20 Å². The van der Waals surface area contributed by atoms with Crippen LogP contribution in [-0.4, -0.2) is 68.9 Å². The molecule has 1 aromatic rings. The Hall–Kier alpha value is -1.96. The number of piperidine rings is 1. The largest absolute Gasteiger partial charge is 0.370 e. The van der Waals surface area contributed by atoms with E-state index in [1.165, 1.54) is 0 Å². The Morgan fingerprint density at radius 3 is 3.12 bits per heavy atom. The summed E-state index contributed by atoms with van der Waals surface area (Å²) in [7, 11) is 0. The van der Waals surface area contributed by atoms with Crippen molar-refractivity contribution >= 4 is 11.8 Å². The zero-order valence-corrected chi connectivity index (χ0v) is 14.5. The number of hydrogen-bond acceptors (Lipinski definition) is 5.